The molecule has 2 heterocycles. The van der Waals surface area contributed by atoms with E-state index in [0.29, 0.717) is 18.1 Å². The zero-order valence-corrected chi connectivity index (χ0v) is 15.7. The first-order valence-corrected chi connectivity index (χ1v) is 9.20. The fourth-order valence-electron chi connectivity index (χ4n) is 3.46. The second kappa shape index (κ2) is 7.59. The van der Waals surface area contributed by atoms with Crippen LogP contribution in [-0.4, -0.2) is 30.7 Å². The van der Waals surface area contributed by atoms with E-state index in [2.05, 4.69) is 0 Å². The fourth-order valence-corrected chi connectivity index (χ4v) is 3.76. The summed E-state index contributed by atoms with van der Waals surface area (Å²) in [4.78, 5) is 3.07. The molecule has 152 valence electrons. The number of hydrogen-bond acceptors (Lipinski definition) is 2. The Morgan fingerprint density at radius 1 is 0.690 bits per heavy atom. The lowest BCUT2D eigenvalue weighted by Crippen LogP contribution is -2.47. The Kier molecular flexibility index (Phi) is 5.12. The van der Waals surface area contributed by atoms with Crippen LogP contribution in [0.25, 0.3) is 5.69 Å². The number of nitrogens with zero attached hydrogens (tertiary/aromatic N) is 3. The van der Waals surface area contributed by atoms with E-state index in [1.54, 1.807) is 6.07 Å². The number of halogens is 6. The number of hydrogen-bond donors (Lipinski definition) is 0. The first-order valence-electron chi connectivity index (χ1n) is 8.82. The summed E-state index contributed by atoms with van der Waals surface area (Å²) in [5.41, 5.74) is 0.721. The van der Waals surface area contributed by atoms with E-state index in [1.807, 2.05) is 46.1 Å². The molecule has 0 unspecified atom stereocenters. The third-order valence-corrected chi connectivity index (χ3v) is 5.26. The molecule has 3 aromatic rings. The fraction of sp³-hybridized carbons (Fsp3) is 0.200. The lowest BCUT2D eigenvalue weighted by atomic mass is 10.2. The van der Waals surface area contributed by atoms with Gasteiger partial charge in [-0.2, -0.15) is 0 Å². The van der Waals surface area contributed by atoms with Gasteiger partial charge in [0.2, 0.25) is 5.82 Å². The van der Waals surface area contributed by atoms with Crippen LogP contribution in [0.5, 0.6) is 0 Å². The van der Waals surface area contributed by atoms with Crippen LogP contribution >= 0.6 is 11.6 Å². The molecule has 29 heavy (non-hydrogen) atoms. The van der Waals surface area contributed by atoms with Gasteiger partial charge in [0.05, 0.1) is 10.7 Å². The second-order valence-corrected chi connectivity index (χ2v) is 7.03. The Balaban J connectivity index is 1.54. The molecule has 9 heteroatoms. The second-order valence-electron chi connectivity index (χ2n) is 6.62. The van der Waals surface area contributed by atoms with Crippen LogP contribution in [0.2, 0.25) is 5.02 Å². The molecule has 1 aliphatic rings. The minimum Gasteiger partial charge on any atom is -0.367 e. The van der Waals surface area contributed by atoms with Gasteiger partial charge in [0.1, 0.15) is 5.69 Å². The quantitative estimate of drug-likeness (QED) is 0.325. The molecule has 0 atom stereocenters. The van der Waals surface area contributed by atoms with Gasteiger partial charge in [0.25, 0.3) is 0 Å². The van der Waals surface area contributed by atoms with Crippen molar-refractivity contribution in [3.05, 3.63) is 76.8 Å². The van der Waals surface area contributed by atoms with Gasteiger partial charge in [-0.15, -0.1) is 0 Å². The molecule has 0 saturated carbocycles. The number of aromatic nitrogens is 1. The predicted octanol–water partition coefficient (Wildman–Crippen LogP) is 5.15. The van der Waals surface area contributed by atoms with E-state index >= 15 is 0 Å². The van der Waals surface area contributed by atoms with Crippen LogP contribution in [0.1, 0.15) is 0 Å². The lowest BCUT2D eigenvalue weighted by molar-refractivity contribution is 0.377. The van der Waals surface area contributed by atoms with Crippen molar-refractivity contribution in [2.24, 2.45) is 0 Å². The average Bonchev–Trinajstić information content (AvgIpc) is 3.26. The molecule has 4 rings (SSSR count). The summed E-state index contributed by atoms with van der Waals surface area (Å²) < 4.78 is 70.2. The van der Waals surface area contributed by atoms with Gasteiger partial charge < -0.3 is 14.4 Å². The summed E-state index contributed by atoms with van der Waals surface area (Å²) in [5, 5.41) is 0.501. The Bertz CT molecular complexity index is 1020. The summed E-state index contributed by atoms with van der Waals surface area (Å²) in [5.74, 6) is -9.67. The maximum Gasteiger partial charge on any atom is 0.200 e. The number of rotatable bonds is 3. The monoisotopic (exact) mass is 427 g/mol. The van der Waals surface area contributed by atoms with Crippen molar-refractivity contribution in [3.8, 4) is 5.69 Å². The van der Waals surface area contributed by atoms with E-state index < -0.39 is 34.8 Å². The SMILES string of the molecule is Fc1c(F)c(F)c(N2CCN(c3ccc(-n4cccc4)cc3Cl)CC2)c(F)c1F. The van der Waals surface area contributed by atoms with E-state index in [4.69, 9.17) is 11.6 Å². The summed E-state index contributed by atoms with van der Waals surface area (Å²) in [6.07, 6.45) is 3.77. The van der Waals surface area contributed by atoms with Gasteiger partial charge in [0, 0.05) is 44.3 Å². The molecule has 0 radical (unpaired) electrons. The Hall–Kier alpha value is -2.74. The maximum absolute atomic E-state index is 14.1. The predicted molar refractivity (Wildman–Crippen MR) is 101 cm³/mol. The molecule has 1 fully saturated rings. The minimum atomic E-state index is -2.16. The largest absolute Gasteiger partial charge is 0.367 e. The van der Waals surface area contributed by atoms with E-state index in [9.17, 15) is 22.0 Å². The van der Waals surface area contributed by atoms with Gasteiger partial charge >= 0.3 is 0 Å². The highest BCUT2D eigenvalue weighted by Gasteiger charge is 2.31. The molecule has 0 N–H and O–H groups in total. The standard InChI is InChI=1S/C20H15ClF5N3/c21-13-11-12(27-5-1-2-6-27)3-4-14(13)28-7-9-29(10-8-28)20-18(25)16(23)15(22)17(24)19(20)26/h1-6,11H,7-10H2. The van der Waals surface area contributed by atoms with Gasteiger partial charge in [-0.3, -0.25) is 0 Å². The maximum atomic E-state index is 14.1. The highest BCUT2D eigenvalue weighted by atomic mass is 35.5. The number of piperazine rings is 1. The Morgan fingerprint density at radius 3 is 1.76 bits per heavy atom. The molecule has 1 aromatic heterocycles. The third-order valence-electron chi connectivity index (χ3n) is 4.96. The highest BCUT2D eigenvalue weighted by molar-refractivity contribution is 6.33. The number of anilines is 2. The van der Waals surface area contributed by atoms with Crippen molar-refractivity contribution in [2.45, 2.75) is 0 Å². The van der Waals surface area contributed by atoms with Crippen molar-refractivity contribution < 1.29 is 22.0 Å². The molecule has 0 spiro atoms. The van der Waals surface area contributed by atoms with E-state index in [0.717, 1.165) is 16.3 Å². The van der Waals surface area contributed by atoms with Crippen LogP contribution < -0.4 is 9.80 Å². The lowest BCUT2D eigenvalue weighted by Gasteiger charge is -2.38. The van der Waals surface area contributed by atoms with Crippen LogP contribution in [-0.2, 0) is 0 Å². The van der Waals surface area contributed by atoms with Crippen LogP contribution in [0.3, 0.4) is 0 Å². The van der Waals surface area contributed by atoms with Crippen LogP contribution in [0.4, 0.5) is 33.3 Å². The average molecular weight is 428 g/mol. The molecular formula is C20H15ClF5N3. The van der Waals surface area contributed by atoms with Crippen LogP contribution in [0.15, 0.2) is 42.7 Å². The topological polar surface area (TPSA) is 11.4 Å². The summed E-state index contributed by atoms with van der Waals surface area (Å²) >= 11 is 6.41. The summed E-state index contributed by atoms with van der Waals surface area (Å²) in [6.45, 7) is 0.770. The molecule has 2 aromatic carbocycles. The third kappa shape index (κ3) is 3.42. The zero-order chi connectivity index (χ0) is 20.7. The van der Waals surface area contributed by atoms with Crippen molar-refractivity contribution in [1.29, 1.82) is 0 Å². The first-order chi connectivity index (χ1) is 13.9. The molecule has 0 bridgehead atoms. The smallest absolute Gasteiger partial charge is 0.200 e. The molecular weight excluding hydrogens is 413 g/mol. The van der Waals surface area contributed by atoms with Gasteiger partial charge in [0.15, 0.2) is 23.3 Å². The molecule has 3 nitrogen and oxygen atoms in total. The van der Waals surface area contributed by atoms with Gasteiger partial charge in [-0.1, -0.05) is 11.6 Å². The molecule has 0 aliphatic carbocycles. The highest BCUT2D eigenvalue weighted by Crippen LogP contribution is 2.33. The van der Waals surface area contributed by atoms with E-state index in [1.165, 1.54) is 0 Å². The molecule has 1 saturated heterocycles. The normalized spacial score (nSPS) is 14.6. The zero-order valence-electron chi connectivity index (χ0n) is 15.0. The Morgan fingerprint density at radius 2 is 1.21 bits per heavy atom. The van der Waals surface area contributed by atoms with Crippen molar-refractivity contribution in [2.75, 3.05) is 36.0 Å². The van der Waals surface area contributed by atoms with Crippen molar-refractivity contribution >= 4 is 23.0 Å². The molecule has 0 amide bonds. The van der Waals surface area contributed by atoms with Crippen LogP contribution in [0, 0.1) is 29.1 Å². The van der Waals surface area contributed by atoms with E-state index in [-0.39, 0.29) is 13.1 Å². The minimum absolute atomic E-state index is 0.0774. The molecule has 1 aliphatic heterocycles. The Labute approximate surface area is 168 Å². The summed E-state index contributed by atoms with van der Waals surface area (Å²) in [7, 11) is 0. The summed E-state index contributed by atoms with van der Waals surface area (Å²) in [6, 6.07) is 9.30. The number of benzene rings is 2. The van der Waals surface area contributed by atoms with Crippen molar-refractivity contribution in [1.82, 2.24) is 4.57 Å². The van der Waals surface area contributed by atoms with Gasteiger partial charge in [-0.05, 0) is 30.3 Å². The van der Waals surface area contributed by atoms with Crippen molar-refractivity contribution in [3.63, 3.8) is 0 Å². The van der Waals surface area contributed by atoms with Gasteiger partial charge in [-0.25, -0.2) is 22.0 Å². The first kappa shape index (κ1) is 19.6.